The van der Waals surface area contributed by atoms with Crippen LogP contribution in [0.15, 0.2) is 33.6 Å². The molecule has 0 unspecified atom stereocenters. The number of hydroxylamine groups is 1. The number of sulfone groups is 1. The summed E-state index contributed by atoms with van der Waals surface area (Å²) in [5.41, 5.74) is 1.61. The first kappa shape index (κ1) is 21.9. The lowest BCUT2D eigenvalue weighted by Gasteiger charge is -2.16. The van der Waals surface area contributed by atoms with Crippen molar-refractivity contribution >= 4 is 54.7 Å². The van der Waals surface area contributed by atoms with Crippen LogP contribution in [0.5, 0.6) is 0 Å². The van der Waals surface area contributed by atoms with Crippen molar-refractivity contribution in [3.8, 4) is 0 Å². The number of nitrogens with one attached hydrogen (secondary N) is 2. The highest BCUT2D eigenvalue weighted by molar-refractivity contribution is 9.10. The maximum Gasteiger partial charge on any atom is 0.277 e. The Balaban J connectivity index is 1.93. The number of hydrogen-bond donors (Lipinski definition) is 2. The Bertz CT molecular complexity index is 1080. The Morgan fingerprint density at radius 2 is 1.97 bits per heavy atom. The maximum atomic E-state index is 14.6. The molecule has 0 atom stereocenters. The Labute approximate surface area is 179 Å². The molecule has 0 radical (unpaired) electrons. The molecule has 1 fully saturated rings. The fraction of sp³-hybridized carbons (Fsp3) is 0.278. The molecule has 0 aromatic heterocycles. The van der Waals surface area contributed by atoms with Crippen molar-refractivity contribution in [3.63, 3.8) is 0 Å². The zero-order chi connectivity index (χ0) is 21.3. The predicted molar refractivity (Wildman–Crippen MR) is 108 cm³/mol. The summed E-state index contributed by atoms with van der Waals surface area (Å²) in [6, 6.07) is 4.83. The summed E-state index contributed by atoms with van der Waals surface area (Å²) in [4.78, 5) is 17.5. The monoisotopic (exact) mass is 508 g/mol. The van der Waals surface area contributed by atoms with Crippen LogP contribution in [0, 0.1) is 17.6 Å². The van der Waals surface area contributed by atoms with Gasteiger partial charge >= 0.3 is 0 Å². The van der Waals surface area contributed by atoms with Crippen LogP contribution in [0.3, 0.4) is 0 Å². The molecule has 1 saturated carbocycles. The van der Waals surface area contributed by atoms with Gasteiger partial charge in [-0.05, 0) is 59.0 Å². The number of halogens is 4. The van der Waals surface area contributed by atoms with Crippen molar-refractivity contribution in [1.29, 1.82) is 0 Å². The van der Waals surface area contributed by atoms with Crippen molar-refractivity contribution in [2.75, 3.05) is 18.2 Å². The van der Waals surface area contributed by atoms with E-state index in [1.165, 1.54) is 18.2 Å². The number of amides is 1. The molecule has 11 heteroatoms. The Morgan fingerprint density at radius 1 is 1.28 bits per heavy atom. The topological polar surface area (TPSA) is 84.5 Å². The smallest absolute Gasteiger partial charge is 0.277 e. The normalized spacial score (nSPS) is 14.0. The Morgan fingerprint density at radius 3 is 2.55 bits per heavy atom. The number of benzene rings is 2. The van der Waals surface area contributed by atoms with Gasteiger partial charge in [-0.3, -0.25) is 9.63 Å². The van der Waals surface area contributed by atoms with Gasteiger partial charge in [0.25, 0.3) is 5.91 Å². The molecule has 1 aliphatic carbocycles. The van der Waals surface area contributed by atoms with Gasteiger partial charge in [-0.25, -0.2) is 22.7 Å². The fourth-order valence-corrected chi connectivity index (χ4v) is 3.77. The molecule has 1 amide bonds. The zero-order valence-electron chi connectivity index (χ0n) is 15.1. The number of carbonyl (C=O) groups is 1. The first-order valence-electron chi connectivity index (χ1n) is 8.44. The summed E-state index contributed by atoms with van der Waals surface area (Å²) in [6.07, 6.45) is 3.04. The second-order valence-corrected chi connectivity index (χ2v) is 9.91. The van der Waals surface area contributed by atoms with Gasteiger partial charge in [0.2, 0.25) is 0 Å². The first-order chi connectivity index (χ1) is 13.6. The van der Waals surface area contributed by atoms with E-state index in [1.807, 2.05) is 0 Å². The van der Waals surface area contributed by atoms with E-state index in [9.17, 15) is 22.0 Å². The minimum absolute atomic E-state index is 0.0399. The second-order valence-electron chi connectivity index (χ2n) is 6.63. The summed E-state index contributed by atoms with van der Waals surface area (Å²) < 4.78 is 51.7. The summed E-state index contributed by atoms with van der Waals surface area (Å²) in [6.45, 7) is 0.331. The minimum atomic E-state index is -3.50. The molecule has 6 nitrogen and oxygen atoms in total. The number of anilines is 2. The summed E-state index contributed by atoms with van der Waals surface area (Å²) in [5.74, 6) is -2.91. The maximum absolute atomic E-state index is 14.6. The van der Waals surface area contributed by atoms with Crippen LogP contribution in [-0.2, 0) is 14.7 Å². The molecule has 0 bridgehead atoms. The SMILES string of the molecule is CS(=O)(=O)c1ccc(Nc2c(C(=O)NOCC3CC3)cc(Br)c(F)c2F)c(Cl)c1. The summed E-state index contributed by atoms with van der Waals surface area (Å²) in [5, 5.41) is 2.52. The standard InChI is InChI=1S/C18H16BrClF2N2O4S/c1-29(26,27)10-4-5-14(13(20)6-10)23-17-11(7-12(19)15(21)16(17)22)18(25)24-28-8-9-2-3-9/h4-7,9,23H,2-3,8H2,1H3,(H,24,25). The van der Waals surface area contributed by atoms with Gasteiger partial charge in [-0.1, -0.05) is 11.6 Å². The fourth-order valence-electron chi connectivity index (χ4n) is 2.42. The first-order valence-corrected chi connectivity index (χ1v) is 11.5. The molecule has 2 aromatic carbocycles. The van der Waals surface area contributed by atoms with E-state index < -0.39 is 33.1 Å². The van der Waals surface area contributed by atoms with E-state index in [0.717, 1.165) is 25.2 Å². The van der Waals surface area contributed by atoms with E-state index >= 15 is 0 Å². The van der Waals surface area contributed by atoms with Gasteiger partial charge in [0, 0.05) is 6.26 Å². The third-order valence-electron chi connectivity index (χ3n) is 4.22. The lowest BCUT2D eigenvalue weighted by Crippen LogP contribution is -2.26. The van der Waals surface area contributed by atoms with E-state index in [2.05, 4.69) is 26.7 Å². The van der Waals surface area contributed by atoms with Crippen molar-refractivity contribution in [1.82, 2.24) is 5.48 Å². The Kier molecular flexibility index (Phi) is 6.47. The molecule has 1 aliphatic rings. The molecular weight excluding hydrogens is 494 g/mol. The van der Waals surface area contributed by atoms with Crippen molar-refractivity contribution in [2.24, 2.45) is 5.92 Å². The van der Waals surface area contributed by atoms with Gasteiger partial charge in [0.1, 0.15) is 0 Å². The lowest BCUT2D eigenvalue weighted by molar-refractivity contribution is 0.0270. The lowest BCUT2D eigenvalue weighted by atomic mass is 10.1. The average molecular weight is 510 g/mol. The van der Waals surface area contributed by atoms with Gasteiger partial charge < -0.3 is 5.32 Å². The quantitative estimate of drug-likeness (QED) is 0.421. The highest BCUT2D eigenvalue weighted by atomic mass is 79.9. The van der Waals surface area contributed by atoms with E-state index in [1.54, 1.807) is 0 Å². The van der Waals surface area contributed by atoms with Crippen LogP contribution < -0.4 is 10.8 Å². The highest BCUT2D eigenvalue weighted by Crippen LogP contribution is 2.34. The van der Waals surface area contributed by atoms with Crippen LogP contribution in [0.4, 0.5) is 20.2 Å². The molecule has 29 heavy (non-hydrogen) atoms. The minimum Gasteiger partial charge on any atom is -0.351 e. The number of carbonyl (C=O) groups excluding carboxylic acids is 1. The molecule has 0 spiro atoms. The van der Waals surface area contributed by atoms with E-state index in [-0.39, 0.29) is 25.6 Å². The molecule has 156 valence electrons. The van der Waals surface area contributed by atoms with Gasteiger partial charge in [-0.15, -0.1) is 0 Å². The van der Waals surface area contributed by atoms with Crippen LogP contribution in [0.2, 0.25) is 5.02 Å². The predicted octanol–water partition coefficient (Wildman–Crippen LogP) is 4.60. The van der Waals surface area contributed by atoms with E-state index in [0.29, 0.717) is 12.5 Å². The molecule has 2 aromatic rings. The molecule has 0 saturated heterocycles. The average Bonchev–Trinajstić information content (AvgIpc) is 3.46. The molecule has 2 N–H and O–H groups in total. The molecule has 0 aliphatic heterocycles. The summed E-state index contributed by atoms with van der Waals surface area (Å²) in [7, 11) is -3.50. The third kappa shape index (κ3) is 5.25. The molecular formula is C18H16BrClF2N2O4S. The second kappa shape index (κ2) is 8.55. The zero-order valence-corrected chi connectivity index (χ0v) is 18.2. The highest BCUT2D eigenvalue weighted by Gasteiger charge is 2.25. The molecule has 0 heterocycles. The van der Waals surface area contributed by atoms with Crippen molar-refractivity contribution < 1.29 is 26.8 Å². The van der Waals surface area contributed by atoms with Crippen LogP contribution in [0.1, 0.15) is 23.2 Å². The van der Waals surface area contributed by atoms with Gasteiger partial charge in [0.15, 0.2) is 21.5 Å². The molecule has 3 rings (SSSR count). The van der Waals surface area contributed by atoms with Gasteiger partial charge in [0.05, 0.1) is 37.9 Å². The Hall–Kier alpha value is -1.75. The van der Waals surface area contributed by atoms with E-state index in [4.69, 9.17) is 16.4 Å². The van der Waals surface area contributed by atoms with Crippen LogP contribution in [0.25, 0.3) is 0 Å². The summed E-state index contributed by atoms with van der Waals surface area (Å²) >= 11 is 8.96. The van der Waals surface area contributed by atoms with Crippen molar-refractivity contribution in [2.45, 2.75) is 17.7 Å². The number of rotatable bonds is 7. The number of hydrogen-bond acceptors (Lipinski definition) is 5. The van der Waals surface area contributed by atoms with Gasteiger partial charge in [-0.2, -0.15) is 0 Å². The largest absolute Gasteiger partial charge is 0.351 e. The third-order valence-corrected chi connectivity index (χ3v) is 6.22. The van der Waals surface area contributed by atoms with Crippen molar-refractivity contribution in [3.05, 3.63) is 51.0 Å². The van der Waals surface area contributed by atoms with Crippen LogP contribution >= 0.6 is 27.5 Å². The van der Waals surface area contributed by atoms with Crippen LogP contribution in [-0.4, -0.2) is 27.2 Å².